The molecule has 1 unspecified atom stereocenters. The van der Waals surface area contributed by atoms with Gasteiger partial charge < -0.3 is 33.8 Å². The Kier molecular flexibility index (Phi) is 6.85. The molecule has 1 aromatic carbocycles. The lowest BCUT2D eigenvalue weighted by atomic mass is 9.98. The Balaban J connectivity index is 0.00000192. The van der Waals surface area contributed by atoms with Crippen LogP contribution in [0.2, 0.25) is 0 Å². The van der Waals surface area contributed by atoms with E-state index in [4.69, 9.17) is 4.74 Å². The van der Waals surface area contributed by atoms with E-state index < -0.39 is 6.10 Å². The second kappa shape index (κ2) is 8.44. The first-order chi connectivity index (χ1) is 10.7. The van der Waals surface area contributed by atoms with Gasteiger partial charge in [0.25, 0.3) is 5.82 Å². The number of aliphatic hydroxyl groups is 1. The number of para-hydroxylation sites is 2. The molecule has 0 spiro atoms. The molecule has 1 atom stereocenters. The number of imidazole rings is 1. The van der Waals surface area contributed by atoms with E-state index in [-0.39, 0.29) is 24.0 Å². The van der Waals surface area contributed by atoms with Gasteiger partial charge in [-0.15, -0.1) is 0 Å². The van der Waals surface area contributed by atoms with Crippen molar-refractivity contribution in [3.05, 3.63) is 30.1 Å². The highest BCUT2D eigenvalue weighted by molar-refractivity contribution is 5.72. The standard InChI is InChI=1S/C18H27N2O2.HI/c1-14-19(2)17-10-6-7-11-18(17)20(14)12-15(21)13-22-16-8-4-3-5-9-16;/h6-7,10-11,15-16,21H,3-5,8-9,12-13H2,1-2H3;1H/q+1;/p-1. The Morgan fingerprint density at radius 3 is 2.70 bits per heavy atom. The zero-order valence-corrected chi connectivity index (χ0v) is 16.2. The highest BCUT2D eigenvalue weighted by Gasteiger charge is 2.22. The fourth-order valence-electron chi connectivity index (χ4n) is 3.48. The summed E-state index contributed by atoms with van der Waals surface area (Å²) in [5.41, 5.74) is 2.36. The third-order valence-electron chi connectivity index (χ3n) is 4.88. The van der Waals surface area contributed by atoms with E-state index in [2.05, 4.69) is 41.3 Å². The second-order valence-corrected chi connectivity index (χ2v) is 6.45. The van der Waals surface area contributed by atoms with Gasteiger partial charge >= 0.3 is 0 Å². The monoisotopic (exact) mass is 430 g/mol. The molecule has 2 aromatic rings. The van der Waals surface area contributed by atoms with E-state index in [0.717, 1.165) is 18.7 Å². The smallest absolute Gasteiger partial charge is 0.254 e. The Bertz CT molecular complexity index is 635. The number of fused-ring (bicyclic) bond motifs is 1. The molecule has 0 bridgehead atoms. The van der Waals surface area contributed by atoms with Crippen LogP contribution in [0, 0.1) is 6.92 Å². The molecule has 0 aliphatic heterocycles. The predicted molar refractivity (Wildman–Crippen MR) is 86.7 cm³/mol. The summed E-state index contributed by atoms with van der Waals surface area (Å²) >= 11 is 0. The van der Waals surface area contributed by atoms with Crippen molar-refractivity contribution in [1.82, 2.24) is 4.57 Å². The van der Waals surface area contributed by atoms with E-state index in [0.29, 0.717) is 19.3 Å². The zero-order chi connectivity index (χ0) is 15.5. The Morgan fingerprint density at radius 2 is 1.96 bits per heavy atom. The number of hydrogen-bond donors (Lipinski definition) is 1. The van der Waals surface area contributed by atoms with Crippen molar-refractivity contribution in [2.24, 2.45) is 7.05 Å². The maximum Gasteiger partial charge on any atom is 0.254 e. The summed E-state index contributed by atoms with van der Waals surface area (Å²) in [7, 11) is 2.07. The number of aromatic nitrogens is 2. The van der Waals surface area contributed by atoms with Crippen LogP contribution in [0.4, 0.5) is 0 Å². The van der Waals surface area contributed by atoms with Crippen molar-refractivity contribution < 1.29 is 38.4 Å². The molecule has 1 heterocycles. The maximum absolute atomic E-state index is 10.4. The minimum atomic E-state index is -0.462. The molecule has 1 aromatic heterocycles. The number of rotatable bonds is 5. The maximum atomic E-state index is 10.4. The van der Waals surface area contributed by atoms with Gasteiger partial charge in [-0.1, -0.05) is 31.4 Å². The van der Waals surface area contributed by atoms with Gasteiger partial charge in [-0.05, 0) is 25.0 Å². The van der Waals surface area contributed by atoms with Crippen molar-refractivity contribution in [3.8, 4) is 0 Å². The van der Waals surface area contributed by atoms with Gasteiger partial charge in [0, 0.05) is 6.92 Å². The fraction of sp³-hybridized carbons (Fsp3) is 0.611. The van der Waals surface area contributed by atoms with Crippen LogP contribution in [-0.4, -0.2) is 28.5 Å². The van der Waals surface area contributed by atoms with Gasteiger partial charge in [-0.3, -0.25) is 0 Å². The average Bonchev–Trinajstić information content (AvgIpc) is 2.79. The highest BCUT2D eigenvalue weighted by atomic mass is 127. The third kappa shape index (κ3) is 4.25. The van der Waals surface area contributed by atoms with Crippen LogP contribution < -0.4 is 28.5 Å². The molecule has 23 heavy (non-hydrogen) atoms. The Morgan fingerprint density at radius 1 is 1.26 bits per heavy atom. The molecular weight excluding hydrogens is 403 g/mol. The van der Waals surface area contributed by atoms with E-state index in [1.165, 1.54) is 30.3 Å². The third-order valence-corrected chi connectivity index (χ3v) is 4.88. The molecule has 4 nitrogen and oxygen atoms in total. The van der Waals surface area contributed by atoms with Crippen LogP contribution in [0.3, 0.4) is 0 Å². The van der Waals surface area contributed by atoms with Gasteiger partial charge in [0.05, 0.1) is 19.8 Å². The molecule has 1 aliphatic carbocycles. The van der Waals surface area contributed by atoms with Gasteiger partial charge in [-0.2, -0.15) is 0 Å². The van der Waals surface area contributed by atoms with Gasteiger partial charge in [-0.25, -0.2) is 9.13 Å². The summed E-state index contributed by atoms with van der Waals surface area (Å²) in [6, 6.07) is 8.32. The first-order valence-electron chi connectivity index (χ1n) is 8.40. The lowest BCUT2D eigenvalue weighted by Gasteiger charge is -2.23. The number of ether oxygens (including phenoxy) is 1. The molecule has 1 fully saturated rings. The topological polar surface area (TPSA) is 38.3 Å². The summed E-state index contributed by atoms with van der Waals surface area (Å²) in [6.07, 6.45) is 6.03. The van der Waals surface area contributed by atoms with Crippen LogP contribution >= 0.6 is 0 Å². The van der Waals surface area contributed by atoms with Crippen LogP contribution in [0.5, 0.6) is 0 Å². The normalized spacial score (nSPS) is 17.2. The number of aryl methyl sites for hydroxylation is 1. The van der Waals surface area contributed by atoms with Crippen molar-refractivity contribution >= 4 is 11.0 Å². The highest BCUT2D eigenvalue weighted by Crippen LogP contribution is 2.20. The lowest BCUT2D eigenvalue weighted by Crippen LogP contribution is -3.00. The first-order valence-corrected chi connectivity index (χ1v) is 8.40. The number of halogens is 1. The fourth-order valence-corrected chi connectivity index (χ4v) is 3.48. The molecule has 3 rings (SSSR count). The molecule has 0 amide bonds. The summed E-state index contributed by atoms with van der Waals surface area (Å²) in [6.45, 7) is 3.11. The second-order valence-electron chi connectivity index (χ2n) is 6.45. The van der Waals surface area contributed by atoms with Crippen molar-refractivity contribution in [2.45, 2.75) is 57.8 Å². The molecule has 1 N–H and O–H groups in total. The SMILES string of the molecule is Cc1n(CC(O)COC2CCCCC2)c2ccccc2[n+]1C.[I-]. The molecule has 0 radical (unpaired) electrons. The summed E-state index contributed by atoms with van der Waals surface area (Å²) < 4.78 is 10.3. The molecule has 1 aliphatic rings. The molecule has 1 saturated carbocycles. The van der Waals surface area contributed by atoms with Crippen LogP contribution in [0.1, 0.15) is 37.9 Å². The van der Waals surface area contributed by atoms with Crippen molar-refractivity contribution in [1.29, 1.82) is 0 Å². The van der Waals surface area contributed by atoms with E-state index in [1.54, 1.807) is 0 Å². The molecular formula is C18H27IN2O2. The quantitative estimate of drug-likeness (QED) is 0.513. The number of benzene rings is 1. The van der Waals surface area contributed by atoms with Gasteiger partial charge in [0.1, 0.15) is 12.6 Å². The number of hydrogen-bond acceptors (Lipinski definition) is 2. The van der Waals surface area contributed by atoms with E-state index >= 15 is 0 Å². The van der Waals surface area contributed by atoms with E-state index in [9.17, 15) is 5.11 Å². The lowest BCUT2D eigenvalue weighted by molar-refractivity contribution is -0.652. The van der Waals surface area contributed by atoms with Crippen molar-refractivity contribution in [2.75, 3.05) is 6.61 Å². The molecule has 0 saturated heterocycles. The van der Waals surface area contributed by atoms with Gasteiger partial charge in [0.2, 0.25) is 0 Å². The summed E-state index contributed by atoms with van der Waals surface area (Å²) in [4.78, 5) is 0. The van der Waals surface area contributed by atoms with Crippen molar-refractivity contribution in [3.63, 3.8) is 0 Å². The zero-order valence-electron chi connectivity index (χ0n) is 14.0. The van der Waals surface area contributed by atoms with Crippen LogP contribution in [-0.2, 0) is 18.3 Å². The largest absolute Gasteiger partial charge is 1.00 e. The predicted octanol–water partition coefficient (Wildman–Crippen LogP) is -0.512. The number of nitrogens with zero attached hydrogens (tertiary/aromatic N) is 2. The summed E-state index contributed by atoms with van der Waals surface area (Å²) in [5, 5.41) is 10.4. The van der Waals surface area contributed by atoms with Gasteiger partial charge in [0.15, 0.2) is 11.0 Å². The minimum Gasteiger partial charge on any atom is -1.00 e. The molecule has 5 heteroatoms. The van der Waals surface area contributed by atoms with Crippen LogP contribution in [0.15, 0.2) is 24.3 Å². The summed E-state index contributed by atoms with van der Waals surface area (Å²) in [5.74, 6) is 1.15. The average molecular weight is 430 g/mol. The van der Waals surface area contributed by atoms with Crippen LogP contribution in [0.25, 0.3) is 11.0 Å². The number of aliphatic hydroxyl groups excluding tert-OH is 1. The minimum absolute atomic E-state index is 0. The Labute approximate surface area is 155 Å². The first kappa shape index (κ1) is 18.7. The Hall–Kier alpha value is -0.660. The molecule has 128 valence electrons. The van der Waals surface area contributed by atoms with E-state index in [1.807, 2.05) is 6.07 Å².